The molecule has 2 aliphatic heterocycles. The first-order valence-electron chi connectivity index (χ1n) is 9.76. The van der Waals surface area contributed by atoms with Gasteiger partial charge in [-0.3, -0.25) is 15.0 Å². The summed E-state index contributed by atoms with van der Waals surface area (Å²) in [6.45, 7) is 3.79. The van der Waals surface area contributed by atoms with Crippen LogP contribution in [0.4, 0.5) is 4.79 Å². The average molecular weight is 371 g/mol. The predicted octanol–water partition coefficient (Wildman–Crippen LogP) is 0.773. The van der Waals surface area contributed by atoms with Crippen molar-refractivity contribution in [2.24, 2.45) is 0 Å². The summed E-state index contributed by atoms with van der Waals surface area (Å²) >= 11 is 0. The van der Waals surface area contributed by atoms with Gasteiger partial charge in [0.15, 0.2) is 0 Å². The highest BCUT2D eigenvalue weighted by Crippen LogP contribution is 2.60. The average Bonchev–Trinajstić information content (AvgIpc) is 2.89. The van der Waals surface area contributed by atoms with Crippen LogP contribution in [-0.4, -0.2) is 57.3 Å². The van der Waals surface area contributed by atoms with E-state index in [4.69, 9.17) is 0 Å². The lowest BCUT2D eigenvalue weighted by Crippen LogP contribution is -2.76. The largest absolute Gasteiger partial charge is 0.508 e. The molecule has 1 aromatic carbocycles. The summed E-state index contributed by atoms with van der Waals surface area (Å²) in [5.41, 5.74) is -0.584. The number of urea groups is 1. The molecule has 0 radical (unpaired) electrons. The van der Waals surface area contributed by atoms with E-state index in [1.807, 2.05) is 6.07 Å². The number of carbonyl (C=O) groups excluding carboxylic acids is 2. The molecule has 4 N–H and O–H groups in total. The van der Waals surface area contributed by atoms with E-state index in [0.717, 1.165) is 30.6 Å². The van der Waals surface area contributed by atoms with Crippen molar-refractivity contribution in [1.29, 1.82) is 0 Å². The van der Waals surface area contributed by atoms with Gasteiger partial charge >= 0.3 is 6.03 Å². The third-order valence-electron chi connectivity index (χ3n) is 7.63. The lowest BCUT2D eigenvalue weighted by atomic mass is 9.46. The zero-order valence-electron chi connectivity index (χ0n) is 15.4. The fraction of sp³-hybridized carbons (Fsp3) is 0.600. The predicted molar refractivity (Wildman–Crippen MR) is 97.3 cm³/mol. The van der Waals surface area contributed by atoms with Gasteiger partial charge in [-0.25, -0.2) is 4.79 Å². The van der Waals surface area contributed by atoms with E-state index in [-0.39, 0.29) is 17.7 Å². The second-order valence-corrected chi connectivity index (χ2v) is 8.61. The van der Waals surface area contributed by atoms with Crippen LogP contribution in [0.2, 0.25) is 0 Å². The van der Waals surface area contributed by atoms with E-state index in [1.54, 1.807) is 12.1 Å². The summed E-state index contributed by atoms with van der Waals surface area (Å²) in [6, 6.07) is 4.90. The van der Waals surface area contributed by atoms with Crippen LogP contribution >= 0.6 is 0 Å². The van der Waals surface area contributed by atoms with Crippen molar-refractivity contribution in [1.82, 2.24) is 15.5 Å². The van der Waals surface area contributed by atoms with Crippen LogP contribution in [0, 0.1) is 0 Å². The van der Waals surface area contributed by atoms with Crippen LogP contribution in [0.1, 0.15) is 43.7 Å². The Labute approximate surface area is 157 Å². The van der Waals surface area contributed by atoms with Crippen LogP contribution in [-0.2, 0) is 16.6 Å². The second kappa shape index (κ2) is 5.23. The Balaban J connectivity index is 1.71. The van der Waals surface area contributed by atoms with Crippen LogP contribution in [0.3, 0.4) is 0 Å². The number of nitrogens with one attached hydrogen (secondary N) is 2. The molecule has 7 nitrogen and oxygen atoms in total. The van der Waals surface area contributed by atoms with Gasteiger partial charge in [0.25, 0.3) is 5.91 Å². The molecule has 27 heavy (non-hydrogen) atoms. The van der Waals surface area contributed by atoms with Crippen LogP contribution in [0.5, 0.6) is 5.75 Å². The standard InChI is InChI=1S/C20H25N3O4/c1-2-23-8-7-18-11-19(16(25)21-17(26)22-19)5-6-20(18,27)15(23)9-12-3-4-13(24)10-14(12)18/h3-4,10,15,24,27H,2,5-9,11H2,1H3,(H2,21,22,25,26)/t15-,18-,19+,20-/m1/s1. The minimum absolute atomic E-state index is 0.0224. The fourth-order valence-corrected chi connectivity index (χ4v) is 6.35. The molecule has 4 aliphatic rings. The molecule has 144 valence electrons. The smallest absolute Gasteiger partial charge is 0.322 e. The summed E-state index contributed by atoms with van der Waals surface area (Å²) in [4.78, 5) is 26.9. The molecular weight excluding hydrogens is 346 g/mol. The van der Waals surface area contributed by atoms with Gasteiger partial charge in [-0.05, 0) is 68.5 Å². The molecule has 0 aromatic heterocycles. The van der Waals surface area contributed by atoms with Crippen molar-refractivity contribution in [3.05, 3.63) is 29.3 Å². The lowest BCUT2D eigenvalue weighted by molar-refractivity contribution is -0.179. The maximum Gasteiger partial charge on any atom is 0.322 e. The zero-order chi connectivity index (χ0) is 19.0. The maximum absolute atomic E-state index is 12.7. The minimum atomic E-state index is -0.985. The SMILES string of the molecule is CCN1CC[C@]23C[C@]4(CC[C@@]2(O)[C@H]1Cc1ccc(O)cc13)NC(=O)NC4=O. The number of amides is 3. The van der Waals surface area contributed by atoms with Crippen molar-refractivity contribution in [2.75, 3.05) is 13.1 Å². The molecule has 3 amide bonds. The monoisotopic (exact) mass is 371 g/mol. The Morgan fingerprint density at radius 3 is 2.78 bits per heavy atom. The van der Waals surface area contributed by atoms with E-state index in [2.05, 4.69) is 22.5 Å². The number of benzene rings is 1. The van der Waals surface area contributed by atoms with E-state index < -0.39 is 22.6 Å². The molecule has 3 fully saturated rings. The normalized spacial score (nSPS) is 40.3. The quantitative estimate of drug-likeness (QED) is 0.547. The molecule has 2 heterocycles. The first kappa shape index (κ1) is 17.0. The van der Waals surface area contributed by atoms with Crippen molar-refractivity contribution < 1.29 is 19.8 Å². The summed E-state index contributed by atoms with van der Waals surface area (Å²) in [5.74, 6) is -0.132. The topological polar surface area (TPSA) is 102 Å². The third kappa shape index (κ3) is 1.99. The summed E-state index contributed by atoms with van der Waals surface area (Å²) < 4.78 is 0. The Morgan fingerprint density at radius 2 is 2.07 bits per heavy atom. The molecule has 2 bridgehead atoms. The van der Waals surface area contributed by atoms with Gasteiger partial charge in [0.05, 0.1) is 5.60 Å². The number of hydrogen-bond acceptors (Lipinski definition) is 5. The van der Waals surface area contributed by atoms with Gasteiger partial charge in [-0.15, -0.1) is 0 Å². The Hall–Kier alpha value is -2.12. The number of fused-ring (bicyclic) bond motifs is 1. The van der Waals surface area contributed by atoms with Crippen LogP contribution in [0.15, 0.2) is 18.2 Å². The minimum Gasteiger partial charge on any atom is -0.508 e. The number of rotatable bonds is 1. The summed E-state index contributed by atoms with van der Waals surface area (Å²) in [7, 11) is 0. The first-order chi connectivity index (χ1) is 12.8. The van der Waals surface area contributed by atoms with E-state index >= 15 is 0 Å². The van der Waals surface area contributed by atoms with Gasteiger partial charge in [0, 0.05) is 11.5 Å². The number of piperidine rings is 1. The maximum atomic E-state index is 12.7. The van der Waals surface area contributed by atoms with Gasteiger partial charge in [0.2, 0.25) is 0 Å². The molecule has 1 spiro atoms. The highest BCUT2D eigenvalue weighted by atomic mass is 16.3. The van der Waals surface area contributed by atoms with Gasteiger partial charge < -0.3 is 15.5 Å². The summed E-state index contributed by atoms with van der Waals surface area (Å²) in [6.07, 6.45) is 2.64. The number of carbonyl (C=O) groups is 2. The Kier molecular flexibility index (Phi) is 3.30. The van der Waals surface area contributed by atoms with E-state index in [1.165, 1.54) is 0 Å². The molecule has 5 rings (SSSR count). The molecule has 4 atom stereocenters. The number of likely N-dealkylation sites (tertiary alicyclic amines) is 1. The van der Waals surface area contributed by atoms with E-state index in [0.29, 0.717) is 25.7 Å². The Bertz CT molecular complexity index is 858. The van der Waals surface area contributed by atoms with E-state index in [9.17, 15) is 19.8 Å². The lowest BCUT2D eigenvalue weighted by Gasteiger charge is -2.65. The van der Waals surface area contributed by atoms with Crippen molar-refractivity contribution in [3.63, 3.8) is 0 Å². The van der Waals surface area contributed by atoms with Crippen molar-refractivity contribution in [3.8, 4) is 5.75 Å². The Morgan fingerprint density at radius 1 is 1.26 bits per heavy atom. The molecule has 1 saturated carbocycles. The van der Waals surface area contributed by atoms with Gasteiger partial charge in [-0.2, -0.15) is 0 Å². The number of phenolic OH excluding ortho intramolecular Hbond substituents is 1. The van der Waals surface area contributed by atoms with Gasteiger partial charge in [-0.1, -0.05) is 13.0 Å². The number of aromatic hydroxyl groups is 1. The van der Waals surface area contributed by atoms with Crippen molar-refractivity contribution >= 4 is 11.9 Å². The molecule has 2 aliphatic carbocycles. The van der Waals surface area contributed by atoms with Crippen LogP contribution in [0.25, 0.3) is 0 Å². The fourth-order valence-electron chi connectivity index (χ4n) is 6.35. The number of nitrogens with zero attached hydrogens (tertiary/aromatic N) is 1. The molecule has 1 aromatic rings. The number of likely N-dealkylation sites (N-methyl/N-ethyl adjacent to an activating group) is 1. The number of phenols is 1. The molecule has 2 saturated heterocycles. The summed E-state index contributed by atoms with van der Waals surface area (Å²) in [5, 5.41) is 27.4. The molecule has 0 unspecified atom stereocenters. The third-order valence-corrected chi connectivity index (χ3v) is 7.63. The molecule has 7 heteroatoms. The zero-order valence-corrected chi connectivity index (χ0v) is 15.4. The highest BCUT2D eigenvalue weighted by molar-refractivity contribution is 6.07. The second-order valence-electron chi connectivity index (χ2n) is 8.61. The molecular formula is C20H25N3O4. The highest BCUT2D eigenvalue weighted by Gasteiger charge is 2.69. The van der Waals surface area contributed by atoms with Crippen molar-refractivity contribution in [2.45, 2.75) is 61.6 Å². The van der Waals surface area contributed by atoms with Crippen LogP contribution < -0.4 is 10.6 Å². The first-order valence-corrected chi connectivity index (χ1v) is 9.76. The van der Waals surface area contributed by atoms with Gasteiger partial charge in [0.1, 0.15) is 11.3 Å². The number of hydrogen-bond donors (Lipinski definition) is 4. The number of aliphatic hydroxyl groups is 1. The number of imide groups is 1.